The van der Waals surface area contributed by atoms with Crippen LogP contribution in [0.2, 0.25) is 0 Å². The standard InChI is InChI=1S/C15H18BrN3/c1-18-13-4-5-14(18)10-19(7-6-13)15-8-12(16)3-2-11(15)9-17/h2-3,8,13-14H,4-7,10H2,1H3. The highest BCUT2D eigenvalue weighted by molar-refractivity contribution is 9.10. The second-order valence-corrected chi connectivity index (χ2v) is 6.47. The third kappa shape index (κ3) is 2.37. The van der Waals surface area contributed by atoms with Crippen LogP contribution in [-0.2, 0) is 0 Å². The number of halogens is 1. The molecule has 2 heterocycles. The summed E-state index contributed by atoms with van der Waals surface area (Å²) < 4.78 is 1.05. The fourth-order valence-corrected chi connectivity index (χ4v) is 3.74. The summed E-state index contributed by atoms with van der Waals surface area (Å²) in [7, 11) is 2.25. The normalized spacial score (nSPS) is 27.1. The Balaban J connectivity index is 1.91. The maximum atomic E-state index is 9.29. The highest BCUT2D eigenvalue weighted by Gasteiger charge is 2.35. The Kier molecular flexibility index (Phi) is 3.51. The third-order valence-electron chi connectivity index (χ3n) is 4.57. The van der Waals surface area contributed by atoms with Gasteiger partial charge in [0.1, 0.15) is 6.07 Å². The zero-order valence-electron chi connectivity index (χ0n) is 11.1. The monoisotopic (exact) mass is 319 g/mol. The van der Waals surface area contributed by atoms with Crippen LogP contribution in [0.3, 0.4) is 0 Å². The Hall–Kier alpha value is -1.05. The minimum absolute atomic E-state index is 0.637. The zero-order valence-corrected chi connectivity index (χ0v) is 12.7. The summed E-state index contributed by atoms with van der Waals surface area (Å²) in [5.74, 6) is 0. The molecule has 2 saturated heterocycles. The number of likely N-dealkylation sites (N-methyl/N-ethyl adjacent to an activating group) is 1. The minimum Gasteiger partial charge on any atom is -0.369 e. The van der Waals surface area contributed by atoms with E-state index >= 15 is 0 Å². The molecule has 2 fully saturated rings. The number of hydrogen-bond donors (Lipinski definition) is 0. The number of hydrogen-bond acceptors (Lipinski definition) is 3. The Morgan fingerprint density at radius 2 is 2.05 bits per heavy atom. The van der Waals surface area contributed by atoms with Crippen LogP contribution < -0.4 is 4.90 Å². The van der Waals surface area contributed by atoms with Crippen molar-refractivity contribution in [2.24, 2.45) is 0 Å². The molecule has 2 atom stereocenters. The predicted octanol–water partition coefficient (Wildman–Crippen LogP) is 2.99. The van der Waals surface area contributed by atoms with E-state index in [-0.39, 0.29) is 0 Å². The van der Waals surface area contributed by atoms with Gasteiger partial charge in [-0.3, -0.25) is 4.90 Å². The van der Waals surface area contributed by atoms with Crippen LogP contribution in [0.1, 0.15) is 24.8 Å². The van der Waals surface area contributed by atoms with Crippen LogP contribution in [0.5, 0.6) is 0 Å². The van der Waals surface area contributed by atoms with Crippen molar-refractivity contribution >= 4 is 21.6 Å². The molecule has 0 radical (unpaired) electrons. The molecule has 2 unspecified atom stereocenters. The predicted molar refractivity (Wildman–Crippen MR) is 80.3 cm³/mol. The van der Waals surface area contributed by atoms with Crippen LogP contribution in [0, 0.1) is 11.3 Å². The molecule has 0 aromatic heterocycles. The van der Waals surface area contributed by atoms with Crippen molar-refractivity contribution < 1.29 is 0 Å². The van der Waals surface area contributed by atoms with Crippen LogP contribution in [0.15, 0.2) is 22.7 Å². The lowest BCUT2D eigenvalue weighted by Gasteiger charge is -2.28. The Labute approximate surface area is 122 Å². The molecule has 0 aliphatic carbocycles. The molecule has 3 nitrogen and oxygen atoms in total. The van der Waals surface area contributed by atoms with Crippen molar-refractivity contribution in [3.8, 4) is 6.07 Å². The van der Waals surface area contributed by atoms with E-state index in [1.165, 1.54) is 19.3 Å². The van der Waals surface area contributed by atoms with E-state index in [0.717, 1.165) is 34.9 Å². The first-order chi connectivity index (χ1) is 9.19. The molecule has 19 heavy (non-hydrogen) atoms. The number of nitrogens with zero attached hydrogens (tertiary/aromatic N) is 3. The van der Waals surface area contributed by atoms with Crippen LogP contribution >= 0.6 is 15.9 Å². The zero-order chi connectivity index (χ0) is 13.4. The second kappa shape index (κ2) is 5.15. The van der Waals surface area contributed by atoms with E-state index in [1.54, 1.807) is 0 Å². The number of anilines is 1. The van der Waals surface area contributed by atoms with Gasteiger partial charge in [0.2, 0.25) is 0 Å². The molecule has 2 aliphatic rings. The van der Waals surface area contributed by atoms with E-state index in [9.17, 15) is 5.26 Å². The summed E-state index contributed by atoms with van der Waals surface area (Å²) in [4.78, 5) is 4.92. The average Bonchev–Trinajstić information content (AvgIpc) is 2.63. The van der Waals surface area contributed by atoms with E-state index in [1.807, 2.05) is 12.1 Å². The highest BCUT2D eigenvalue weighted by Crippen LogP contribution is 2.32. The fraction of sp³-hybridized carbons (Fsp3) is 0.533. The van der Waals surface area contributed by atoms with Gasteiger partial charge < -0.3 is 4.90 Å². The SMILES string of the molecule is CN1C2CCC1CN(c1cc(Br)ccc1C#N)CC2. The van der Waals surface area contributed by atoms with E-state index in [0.29, 0.717) is 6.04 Å². The minimum atomic E-state index is 0.637. The van der Waals surface area contributed by atoms with Crippen LogP contribution in [-0.4, -0.2) is 37.1 Å². The summed E-state index contributed by atoms with van der Waals surface area (Å²) >= 11 is 3.52. The number of nitriles is 1. The highest BCUT2D eigenvalue weighted by atomic mass is 79.9. The van der Waals surface area contributed by atoms with Gasteiger partial charge in [-0.1, -0.05) is 15.9 Å². The van der Waals surface area contributed by atoms with Crippen LogP contribution in [0.4, 0.5) is 5.69 Å². The molecule has 1 aromatic carbocycles. The average molecular weight is 320 g/mol. The van der Waals surface area contributed by atoms with E-state index < -0.39 is 0 Å². The van der Waals surface area contributed by atoms with Crippen molar-refractivity contribution in [1.29, 1.82) is 5.26 Å². The Morgan fingerprint density at radius 1 is 1.26 bits per heavy atom. The summed E-state index contributed by atoms with van der Waals surface area (Å²) in [5, 5.41) is 9.29. The first kappa shape index (κ1) is 13.0. The van der Waals surface area contributed by atoms with Gasteiger partial charge in [-0.15, -0.1) is 0 Å². The number of benzene rings is 1. The topological polar surface area (TPSA) is 30.3 Å². The van der Waals surface area contributed by atoms with Crippen molar-refractivity contribution in [3.05, 3.63) is 28.2 Å². The molecule has 0 spiro atoms. The summed E-state index contributed by atoms with van der Waals surface area (Å²) in [6, 6.07) is 9.62. The first-order valence-electron chi connectivity index (χ1n) is 6.85. The second-order valence-electron chi connectivity index (χ2n) is 5.56. The van der Waals surface area contributed by atoms with Gasteiger partial charge in [0.25, 0.3) is 0 Å². The lowest BCUT2D eigenvalue weighted by atomic mass is 10.1. The maximum absolute atomic E-state index is 9.29. The van der Waals surface area contributed by atoms with Gasteiger partial charge in [-0.25, -0.2) is 0 Å². The largest absolute Gasteiger partial charge is 0.369 e. The number of fused-ring (bicyclic) bond motifs is 2. The number of rotatable bonds is 1. The summed E-state index contributed by atoms with van der Waals surface area (Å²) in [6.07, 6.45) is 3.82. The molecule has 3 rings (SSSR count). The quantitative estimate of drug-likeness (QED) is 0.797. The molecule has 100 valence electrons. The van der Waals surface area contributed by atoms with Crippen molar-refractivity contribution in [2.75, 3.05) is 25.0 Å². The van der Waals surface area contributed by atoms with Crippen molar-refractivity contribution in [2.45, 2.75) is 31.3 Å². The first-order valence-corrected chi connectivity index (χ1v) is 7.65. The Bertz CT molecular complexity index is 523. The Morgan fingerprint density at radius 3 is 2.84 bits per heavy atom. The van der Waals surface area contributed by atoms with Gasteiger partial charge in [0.05, 0.1) is 11.3 Å². The smallest absolute Gasteiger partial charge is 0.101 e. The maximum Gasteiger partial charge on any atom is 0.101 e. The summed E-state index contributed by atoms with van der Waals surface area (Å²) in [6.45, 7) is 2.09. The molecule has 2 bridgehead atoms. The molecule has 4 heteroatoms. The lowest BCUT2D eigenvalue weighted by molar-refractivity contribution is 0.254. The third-order valence-corrected chi connectivity index (χ3v) is 5.06. The van der Waals surface area contributed by atoms with Crippen molar-refractivity contribution in [1.82, 2.24) is 4.90 Å². The molecule has 0 saturated carbocycles. The molecule has 1 aromatic rings. The molecule has 2 aliphatic heterocycles. The van der Waals surface area contributed by atoms with Gasteiger partial charge >= 0.3 is 0 Å². The molecular weight excluding hydrogens is 302 g/mol. The van der Waals surface area contributed by atoms with Gasteiger partial charge in [-0.2, -0.15) is 5.26 Å². The van der Waals surface area contributed by atoms with Gasteiger partial charge in [0, 0.05) is 29.6 Å². The van der Waals surface area contributed by atoms with Crippen molar-refractivity contribution in [3.63, 3.8) is 0 Å². The van der Waals surface area contributed by atoms with Crippen LogP contribution in [0.25, 0.3) is 0 Å². The molecule has 0 N–H and O–H groups in total. The molecule has 0 amide bonds. The van der Waals surface area contributed by atoms with E-state index in [2.05, 4.69) is 44.9 Å². The van der Waals surface area contributed by atoms with Gasteiger partial charge in [-0.05, 0) is 44.5 Å². The summed E-state index contributed by atoms with van der Waals surface area (Å²) in [5.41, 5.74) is 1.86. The fourth-order valence-electron chi connectivity index (χ4n) is 3.39. The van der Waals surface area contributed by atoms with E-state index in [4.69, 9.17) is 0 Å². The van der Waals surface area contributed by atoms with Gasteiger partial charge in [0.15, 0.2) is 0 Å². The lowest BCUT2D eigenvalue weighted by Crippen LogP contribution is -2.36. The molecular formula is C15H18BrN3.